The van der Waals surface area contributed by atoms with Crippen LogP contribution in [0.1, 0.15) is 25.7 Å². The maximum Gasteiger partial charge on any atom is 0.325 e. The average molecular weight is 373 g/mol. The van der Waals surface area contributed by atoms with Crippen LogP contribution in [0.4, 0.5) is 10.6 Å². The Balaban J connectivity index is 1.27. The van der Waals surface area contributed by atoms with E-state index in [2.05, 4.69) is 20.1 Å². The third-order valence-corrected chi connectivity index (χ3v) is 5.91. The van der Waals surface area contributed by atoms with Crippen LogP contribution in [0.3, 0.4) is 0 Å². The third kappa shape index (κ3) is 3.64. The summed E-state index contributed by atoms with van der Waals surface area (Å²) >= 11 is 0. The summed E-state index contributed by atoms with van der Waals surface area (Å²) in [7, 11) is 0. The van der Waals surface area contributed by atoms with Gasteiger partial charge in [0.25, 0.3) is 5.91 Å². The van der Waals surface area contributed by atoms with Crippen LogP contribution in [0.2, 0.25) is 0 Å². The Morgan fingerprint density at radius 3 is 2.52 bits per heavy atom. The van der Waals surface area contributed by atoms with Crippen molar-refractivity contribution in [3.8, 4) is 0 Å². The van der Waals surface area contributed by atoms with Crippen molar-refractivity contribution in [2.75, 3.05) is 44.2 Å². The highest BCUT2D eigenvalue weighted by molar-refractivity contribution is 6.07. The van der Waals surface area contributed by atoms with Gasteiger partial charge in [0.2, 0.25) is 0 Å². The number of rotatable bonds is 5. The van der Waals surface area contributed by atoms with Crippen LogP contribution in [0.25, 0.3) is 0 Å². The summed E-state index contributed by atoms with van der Waals surface area (Å²) in [4.78, 5) is 34.9. The number of urea groups is 1. The lowest BCUT2D eigenvalue weighted by molar-refractivity contribution is -0.132. The van der Waals surface area contributed by atoms with Gasteiger partial charge in [0.15, 0.2) is 0 Å². The molecular formula is C19H27N5O3. The molecule has 0 bridgehead atoms. The molecule has 3 aliphatic rings. The van der Waals surface area contributed by atoms with Crippen molar-refractivity contribution < 1.29 is 14.7 Å². The molecule has 8 heteroatoms. The molecular weight excluding hydrogens is 346 g/mol. The van der Waals surface area contributed by atoms with Crippen molar-refractivity contribution in [2.24, 2.45) is 0 Å². The van der Waals surface area contributed by atoms with Gasteiger partial charge >= 0.3 is 6.03 Å². The van der Waals surface area contributed by atoms with E-state index in [0.29, 0.717) is 19.4 Å². The SMILES string of the molecule is O=C1NC2(CCCC2)C(=O)N1C[C@@H](O)CN1CCN(c2ccccn2)CC1. The second-order valence-corrected chi connectivity index (χ2v) is 7.76. The number of hydrogen-bond acceptors (Lipinski definition) is 6. The van der Waals surface area contributed by atoms with Crippen molar-refractivity contribution in [3.05, 3.63) is 24.4 Å². The topological polar surface area (TPSA) is 89.0 Å². The number of pyridine rings is 1. The molecule has 3 fully saturated rings. The van der Waals surface area contributed by atoms with Crippen molar-refractivity contribution in [1.29, 1.82) is 0 Å². The maximum atomic E-state index is 12.7. The molecule has 3 amide bonds. The Kier molecular flexibility index (Phi) is 5.01. The number of hydrogen-bond donors (Lipinski definition) is 2. The van der Waals surface area contributed by atoms with E-state index in [4.69, 9.17) is 0 Å². The first kappa shape index (κ1) is 18.2. The van der Waals surface area contributed by atoms with Gasteiger partial charge < -0.3 is 15.3 Å². The second-order valence-electron chi connectivity index (χ2n) is 7.76. The summed E-state index contributed by atoms with van der Waals surface area (Å²) in [6, 6.07) is 5.52. The van der Waals surface area contributed by atoms with E-state index in [-0.39, 0.29) is 18.5 Å². The number of carbonyl (C=O) groups excluding carboxylic acids is 2. The van der Waals surface area contributed by atoms with Gasteiger partial charge in [-0.2, -0.15) is 0 Å². The fourth-order valence-electron chi connectivity index (χ4n) is 4.43. The van der Waals surface area contributed by atoms with Gasteiger partial charge in [-0.3, -0.25) is 14.6 Å². The van der Waals surface area contributed by atoms with Crippen LogP contribution >= 0.6 is 0 Å². The number of carbonyl (C=O) groups is 2. The van der Waals surface area contributed by atoms with Gasteiger partial charge in [0, 0.05) is 38.9 Å². The number of aromatic nitrogens is 1. The van der Waals surface area contributed by atoms with Crippen LogP contribution in [0.15, 0.2) is 24.4 Å². The highest BCUT2D eigenvalue weighted by atomic mass is 16.3. The molecule has 0 aromatic carbocycles. The standard InChI is InChI=1S/C19H27N5O3/c25-15(14-24-17(26)19(21-18(24)27)6-2-3-7-19)13-22-9-11-23(12-10-22)16-5-1-4-8-20-16/h1,4-5,8,15,25H,2-3,6-7,9-14H2,(H,21,27)/t15-/m0/s1. The molecule has 1 spiro atoms. The first-order valence-electron chi connectivity index (χ1n) is 9.78. The number of nitrogens with zero attached hydrogens (tertiary/aromatic N) is 4. The molecule has 4 rings (SSSR count). The lowest BCUT2D eigenvalue weighted by Gasteiger charge is -2.36. The molecule has 1 saturated carbocycles. The summed E-state index contributed by atoms with van der Waals surface area (Å²) < 4.78 is 0. The smallest absolute Gasteiger partial charge is 0.325 e. The number of aliphatic hydroxyl groups is 1. The molecule has 3 heterocycles. The van der Waals surface area contributed by atoms with Gasteiger partial charge in [-0.1, -0.05) is 18.9 Å². The zero-order valence-electron chi connectivity index (χ0n) is 15.5. The Labute approximate surface area is 159 Å². The zero-order chi connectivity index (χ0) is 18.9. The lowest BCUT2D eigenvalue weighted by Crippen LogP contribution is -2.51. The molecule has 27 heavy (non-hydrogen) atoms. The van der Waals surface area contributed by atoms with Crippen molar-refractivity contribution >= 4 is 17.8 Å². The fourth-order valence-corrected chi connectivity index (χ4v) is 4.43. The molecule has 1 atom stereocenters. The quantitative estimate of drug-likeness (QED) is 0.728. The number of amides is 3. The van der Waals surface area contributed by atoms with E-state index in [1.165, 1.54) is 4.90 Å². The minimum absolute atomic E-state index is 0.0624. The molecule has 146 valence electrons. The number of β-amino-alcohol motifs (C(OH)–C–C–N with tert-alkyl or cyclic N) is 1. The van der Waals surface area contributed by atoms with Crippen LogP contribution in [-0.4, -0.2) is 82.7 Å². The summed E-state index contributed by atoms with van der Waals surface area (Å²) in [5.41, 5.74) is -0.703. The fraction of sp³-hybridized carbons (Fsp3) is 0.632. The largest absolute Gasteiger partial charge is 0.390 e. The normalized spacial score (nSPS) is 23.9. The van der Waals surface area contributed by atoms with E-state index in [9.17, 15) is 14.7 Å². The minimum atomic E-state index is -0.738. The van der Waals surface area contributed by atoms with E-state index < -0.39 is 11.6 Å². The summed E-state index contributed by atoms with van der Waals surface area (Å²) in [6.45, 7) is 3.84. The molecule has 0 radical (unpaired) electrons. The van der Waals surface area contributed by atoms with Crippen LogP contribution in [-0.2, 0) is 4.79 Å². The predicted molar refractivity (Wildman–Crippen MR) is 100 cm³/mol. The van der Waals surface area contributed by atoms with E-state index >= 15 is 0 Å². The Bertz CT molecular complexity index is 684. The monoisotopic (exact) mass is 373 g/mol. The molecule has 1 aromatic rings. The van der Waals surface area contributed by atoms with Gasteiger partial charge in [0.1, 0.15) is 11.4 Å². The first-order valence-corrected chi connectivity index (χ1v) is 9.78. The Hall–Kier alpha value is -2.19. The van der Waals surface area contributed by atoms with Gasteiger partial charge in [-0.15, -0.1) is 0 Å². The minimum Gasteiger partial charge on any atom is -0.390 e. The number of nitrogens with one attached hydrogen (secondary N) is 1. The average Bonchev–Trinajstić information content (AvgIpc) is 3.24. The number of aliphatic hydroxyl groups excluding tert-OH is 1. The molecule has 0 unspecified atom stereocenters. The van der Waals surface area contributed by atoms with Crippen molar-refractivity contribution in [3.63, 3.8) is 0 Å². The zero-order valence-corrected chi connectivity index (χ0v) is 15.5. The van der Waals surface area contributed by atoms with Gasteiger partial charge in [0.05, 0.1) is 12.6 Å². The van der Waals surface area contributed by atoms with Crippen LogP contribution < -0.4 is 10.2 Å². The molecule has 1 aliphatic carbocycles. The third-order valence-electron chi connectivity index (χ3n) is 5.91. The first-order chi connectivity index (χ1) is 13.1. The van der Waals surface area contributed by atoms with E-state index in [1.54, 1.807) is 6.20 Å². The molecule has 2 N–H and O–H groups in total. The van der Waals surface area contributed by atoms with Crippen LogP contribution in [0, 0.1) is 0 Å². The highest BCUT2D eigenvalue weighted by Gasteiger charge is 2.52. The van der Waals surface area contributed by atoms with Gasteiger partial charge in [-0.25, -0.2) is 9.78 Å². The predicted octanol–water partition coefficient (Wildman–Crippen LogP) is 0.429. The number of imide groups is 1. The van der Waals surface area contributed by atoms with Crippen molar-refractivity contribution in [1.82, 2.24) is 20.1 Å². The van der Waals surface area contributed by atoms with Gasteiger partial charge in [-0.05, 0) is 25.0 Å². The molecule has 8 nitrogen and oxygen atoms in total. The van der Waals surface area contributed by atoms with E-state index in [1.807, 2.05) is 18.2 Å². The Morgan fingerprint density at radius 1 is 1.11 bits per heavy atom. The summed E-state index contributed by atoms with van der Waals surface area (Å²) in [5, 5.41) is 13.3. The molecule has 2 saturated heterocycles. The second kappa shape index (κ2) is 7.44. The highest BCUT2D eigenvalue weighted by Crippen LogP contribution is 2.35. The maximum absolute atomic E-state index is 12.7. The number of piperazine rings is 1. The van der Waals surface area contributed by atoms with Crippen LogP contribution in [0.5, 0.6) is 0 Å². The summed E-state index contributed by atoms with van der Waals surface area (Å²) in [5.74, 6) is 0.808. The molecule has 1 aromatic heterocycles. The Morgan fingerprint density at radius 2 is 1.85 bits per heavy atom. The van der Waals surface area contributed by atoms with Crippen molar-refractivity contribution in [2.45, 2.75) is 37.3 Å². The number of anilines is 1. The molecule has 2 aliphatic heterocycles. The van der Waals surface area contributed by atoms with E-state index in [0.717, 1.165) is 44.8 Å². The summed E-state index contributed by atoms with van der Waals surface area (Å²) in [6.07, 6.45) is 4.39. The lowest BCUT2D eigenvalue weighted by atomic mass is 9.98.